The van der Waals surface area contributed by atoms with Gasteiger partial charge in [0, 0.05) is 19.5 Å². The molecule has 1 N–H and O–H groups in total. The molecule has 0 radical (unpaired) electrons. The quantitative estimate of drug-likeness (QED) is 0.669. The lowest BCUT2D eigenvalue weighted by Gasteiger charge is -2.18. The molecular formula is C10H19NO3. The molecule has 4 heteroatoms. The molecule has 4 nitrogen and oxygen atoms in total. The summed E-state index contributed by atoms with van der Waals surface area (Å²) in [5.74, 6) is -0.157. The third kappa shape index (κ3) is 3.64. The van der Waals surface area contributed by atoms with Gasteiger partial charge in [0.2, 0.25) is 0 Å². The lowest BCUT2D eigenvalue weighted by Crippen LogP contribution is -2.30. The summed E-state index contributed by atoms with van der Waals surface area (Å²) >= 11 is 0. The first-order valence-electron chi connectivity index (χ1n) is 5.05. The van der Waals surface area contributed by atoms with Crippen molar-refractivity contribution in [1.29, 1.82) is 0 Å². The van der Waals surface area contributed by atoms with Crippen LogP contribution in [-0.4, -0.2) is 48.3 Å². The molecule has 0 aromatic carbocycles. The van der Waals surface area contributed by atoms with Gasteiger partial charge in [-0.15, -0.1) is 0 Å². The summed E-state index contributed by atoms with van der Waals surface area (Å²) in [7, 11) is 1.41. The van der Waals surface area contributed by atoms with Crippen molar-refractivity contribution in [2.24, 2.45) is 0 Å². The van der Waals surface area contributed by atoms with E-state index in [-0.39, 0.29) is 5.97 Å². The van der Waals surface area contributed by atoms with E-state index in [4.69, 9.17) is 0 Å². The average molecular weight is 201 g/mol. The van der Waals surface area contributed by atoms with Crippen molar-refractivity contribution < 1.29 is 14.6 Å². The Morgan fingerprint density at radius 1 is 1.64 bits per heavy atom. The van der Waals surface area contributed by atoms with Crippen LogP contribution >= 0.6 is 0 Å². The topological polar surface area (TPSA) is 49.8 Å². The van der Waals surface area contributed by atoms with E-state index in [1.165, 1.54) is 7.11 Å². The Balaban J connectivity index is 2.12. The van der Waals surface area contributed by atoms with Crippen LogP contribution in [0.4, 0.5) is 0 Å². The molecule has 0 aliphatic carbocycles. The summed E-state index contributed by atoms with van der Waals surface area (Å²) in [6.07, 6.45) is 2.10. The number of methoxy groups -OCH3 is 1. The van der Waals surface area contributed by atoms with Gasteiger partial charge in [-0.2, -0.15) is 0 Å². The molecule has 1 heterocycles. The molecule has 0 aromatic rings. The minimum absolute atomic E-state index is 0.157. The molecule has 1 saturated heterocycles. The number of rotatable bonds is 4. The first-order valence-corrected chi connectivity index (χ1v) is 5.05. The highest BCUT2D eigenvalue weighted by molar-refractivity contribution is 5.69. The SMILES string of the molecule is COC(=O)CCCN1CCC(C)(O)C1. The van der Waals surface area contributed by atoms with E-state index in [9.17, 15) is 9.90 Å². The number of ether oxygens (including phenoxy) is 1. The summed E-state index contributed by atoms with van der Waals surface area (Å²) in [6.45, 7) is 4.36. The number of esters is 1. The zero-order valence-corrected chi connectivity index (χ0v) is 8.95. The smallest absolute Gasteiger partial charge is 0.305 e. The van der Waals surface area contributed by atoms with Gasteiger partial charge in [-0.25, -0.2) is 0 Å². The average Bonchev–Trinajstić information content (AvgIpc) is 2.45. The molecule has 1 aliphatic rings. The summed E-state index contributed by atoms with van der Waals surface area (Å²) in [5.41, 5.74) is -0.536. The molecule has 14 heavy (non-hydrogen) atoms. The Morgan fingerprint density at radius 2 is 2.36 bits per heavy atom. The molecular weight excluding hydrogens is 182 g/mol. The van der Waals surface area contributed by atoms with E-state index in [0.717, 1.165) is 25.9 Å². The van der Waals surface area contributed by atoms with Gasteiger partial charge in [-0.1, -0.05) is 0 Å². The van der Waals surface area contributed by atoms with Crippen molar-refractivity contribution in [1.82, 2.24) is 4.90 Å². The van der Waals surface area contributed by atoms with Crippen LogP contribution < -0.4 is 0 Å². The van der Waals surface area contributed by atoms with Gasteiger partial charge in [0.05, 0.1) is 12.7 Å². The fourth-order valence-corrected chi connectivity index (χ4v) is 1.78. The fraction of sp³-hybridized carbons (Fsp3) is 0.900. The summed E-state index contributed by atoms with van der Waals surface area (Å²) in [5, 5.41) is 9.69. The van der Waals surface area contributed by atoms with Gasteiger partial charge in [0.15, 0.2) is 0 Å². The van der Waals surface area contributed by atoms with Gasteiger partial charge in [0.1, 0.15) is 0 Å². The van der Waals surface area contributed by atoms with Crippen LogP contribution in [0.5, 0.6) is 0 Å². The highest BCUT2D eigenvalue weighted by atomic mass is 16.5. The van der Waals surface area contributed by atoms with Gasteiger partial charge < -0.3 is 14.7 Å². The Kier molecular flexibility index (Phi) is 3.89. The van der Waals surface area contributed by atoms with Crippen LogP contribution in [0.2, 0.25) is 0 Å². The van der Waals surface area contributed by atoms with Gasteiger partial charge in [0.25, 0.3) is 0 Å². The molecule has 82 valence electrons. The van der Waals surface area contributed by atoms with Gasteiger partial charge in [-0.05, 0) is 26.3 Å². The summed E-state index contributed by atoms with van der Waals surface area (Å²) < 4.78 is 4.55. The lowest BCUT2D eigenvalue weighted by molar-refractivity contribution is -0.140. The molecule has 1 aliphatic heterocycles. The second kappa shape index (κ2) is 4.75. The van der Waals surface area contributed by atoms with Crippen LogP contribution in [0, 0.1) is 0 Å². The second-order valence-corrected chi connectivity index (χ2v) is 4.20. The maximum Gasteiger partial charge on any atom is 0.305 e. The number of hydrogen-bond acceptors (Lipinski definition) is 4. The van der Waals surface area contributed by atoms with Crippen molar-refractivity contribution in [3.8, 4) is 0 Å². The largest absolute Gasteiger partial charge is 0.469 e. The van der Waals surface area contributed by atoms with Gasteiger partial charge in [-0.3, -0.25) is 4.79 Å². The van der Waals surface area contributed by atoms with Crippen LogP contribution in [0.15, 0.2) is 0 Å². The monoisotopic (exact) mass is 201 g/mol. The van der Waals surface area contributed by atoms with Gasteiger partial charge >= 0.3 is 5.97 Å². The number of carbonyl (C=O) groups is 1. The Hall–Kier alpha value is -0.610. The number of aliphatic hydroxyl groups is 1. The predicted molar refractivity (Wildman–Crippen MR) is 52.9 cm³/mol. The predicted octanol–water partition coefficient (Wildman–Crippen LogP) is 0.396. The van der Waals surface area contributed by atoms with Crippen molar-refractivity contribution in [2.45, 2.75) is 31.8 Å². The maximum absolute atomic E-state index is 10.8. The number of likely N-dealkylation sites (tertiary alicyclic amines) is 1. The standard InChI is InChI=1S/C10H19NO3/c1-10(13)5-7-11(8-10)6-3-4-9(12)14-2/h13H,3-8H2,1-2H3. The van der Waals surface area contributed by atoms with Crippen molar-refractivity contribution in [3.05, 3.63) is 0 Å². The molecule has 0 amide bonds. The number of β-amino-alcohol motifs (C(OH)–C–C–N with tert-alkyl or cyclic N) is 1. The lowest BCUT2D eigenvalue weighted by atomic mass is 10.1. The van der Waals surface area contributed by atoms with Crippen LogP contribution in [0.1, 0.15) is 26.2 Å². The van der Waals surface area contributed by atoms with E-state index in [2.05, 4.69) is 9.64 Å². The van der Waals surface area contributed by atoms with Crippen molar-refractivity contribution in [3.63, 3.8) is 0 Å². The Bertz CT molecular complexity index is 204. The zero-order chi connectivity index (χ0) is 10.6. The minimum atomic E-state index is -0.536. The van der Waals surface area contributed by atoms with E-state index < -0.39 is 5.60 Å². The third-order valence-corrected chi connectivity index (χ3v) is 2.61. The highest BCUT2D eigenvalue weighted by Crippen LogP contribution is 2.20. The van der Waals surface area contributed by atoms with E-state index >= 15 is 0 Å². The molecule has 1 fully saturated rings. The number of hydrogen-bond donors (Lipinski definition) is 1. The third-order valence-electron chi connectivity index (χ3n) is 2.61. The number of nitrogens with zero attached hydrogens (tertiary/aromatic N) is 1. The van der Waals surface area contributed by atoms with Crippen molar-refractivity contribution in [2.75, 3.05) is 26.7 Å². The zero-order valence-electron chi connectivity index (χ0n) is 8.95. The fourth-order valence-electron chi connectivity index (χ4n) is 1.78. The van der Waals surface area contributed by atoms with Crippen molar-refractivity contribution >= 4 is 5.97 Å². The molecule has 1 rings (SSSR count). The molecule has 0 spiro atoms. The molecule has 0 bridgehead atoms. The summed E-state index contributed by atoms with van der Waals surface area (Å²) in [4.78, 5) is 13.0. The van der Waals surface area contributed by atoms with E-state index in [1.807, 2.05) is 6.92 Å². The first-order chi connectivity index (χ1) is 6.53. The molecule has 0 aromatic heterocycles. The van der Waals surface area contributed by atoms with Crippen LogP contribution in [0.25, 0.3) is 0 Å². The van der Waals surface area contributed by atoms with Crippen LogP contribution in [-0.2, 0) is 9.53 Å². The second-order valence-electron chi connectivity index (χ2n) is 4.20. The first kappa shape index (κ1) is 11.5. The summed E-state index contributed by atoms with van der Waals surface area (Å²) in [6, 6.07) is 0. The van der Waals surface area contributed by atoms with E-state index in [0.29, 0.717) is 13.0 Å². The number of carbonyl (C=O) groups excluding carboxylic acids is 1. The maximum atomic E-state index is 10.8. The van der Waals surface area contributed by atoms with Crippen LogP contribution in [0.3, 0.4) is 0 Å². The Labute approximate surface area is 84.8 Å². The molecule has 1 atom stereocenters. The molecule has 1 unspecified atom stereocenters. The highest BCUT2D eigenvalue weighted by Gasteiger charge is 2.30. The van der Waals surface area contributed by atoms with E-state index in [1.54, 1.807) is 0 Å². The normalized spacial score (nSPS) is 27.9. The minimum Gasteiger partial charge on any atom is -0.469 e. The Morgan fingerprint density at radius 3 is 2.86 bits per heavy atom. The molecule has 0 saturated carbocycles.